The molecule has 0 saturated heterocycles. The average Bonchev–Trinajstić information content (AvgIpc) is 1.28. The standard InChI is InChI=1S/C51H40Cl2N14O16S4/c1-23-12-13-30(46-58-48(52)62-50(60-46)56-38-19-34(54-24(2)68)36(21-40(38)82-4)66-64-26-15-31-28(44(17-26)86(76,77)78)8-6-10-42(31)84(70,71)72)33(14-23)47-59-49(53)63-51(61-47)57-39-20-35(55-25(3)69)37(22-41(39)83-5)67-65-27-16-32-29(45(18-27)87(79,80)81)9-7-11-43(32)85(73,74)75/h6-22H,1-5H3,(H,54,68)(H,55,69)(H,70,71,72)(H,73,74,75)(H,76,77,78)(H,79,80,81)(H,56,58,60,62)(H,57,59,61,63). The van der Waals surface area contributed by atoms with Gasteiger partial charge in [0.1, 0.15) is 65.5 Å². The van der Waals surface area contributed by atoms with Gasteiger partial charge in [0.2, 0.25) is 21.8 Å². The summed E-state index contributed by atoms with van der Waals surface area (Å²) in [5.74, 6) is -0.765. The first-order valence-corrected chi connectivity index (χ1v) is 30.7. The lowest BCUT2D eigenvalue weighted by atomic mass is 10.0. The molecule has 0 amide bonds. The maximum atomic E-state index is 12.5. The molecule has 8 N–H and O–H groups in total. The summed E-state index contributed by atoms with van der Waals surface area (Å²) in [5.41, 5.74) is 0.127. The number of rotatable bonds is 16. The summed E-state index contributed by atoms with van der Waals surface area (Å²) in [6.07, 6.45) is 0. The molecule has 0 atom stereocenters. The topological polar surface area (TPSA) is 458 Å². The van der Waals surface area contributed by atoms with Crippen LogP contribution in [0.5, 0.6) is 11.5 Å². The Morgan fingerprint density at radius 3 is 1.24 bits per heavy atom. The summed E-state index contributed by atoms with van der Waals surface area (Å²) in [6.45, 7) is 4.29. The molecular formula is C51H40Cl2N14O16S4. The third-order valence-corrected chi connectivity index (χ3v) is 15.9. The van der Waals surface area contributed by atoms with Crippen molar-refractivity contribution in [2.75, 3.05) is 14.2 Å². The van der Waals surface area contributed by atoms with E-state index < -0.39 is 71.8 Å². The molecule has 0 bridgehead atoms. The maximum absolute atomic E-state index is 12.5. The molecule has 2 aromatic heterocycles. The number of aliphatic imine (C=N–C) groups is 2. The molecule has 0 spiro atoms. The highest BCUT2D eigenvalue weighted by molar-refractivity contribution is 7.87. The summed E-state index contributed by atoms with van der Waals surface area (Å²) < 4.78 is 150. The van der Waals surface area contributed by atoms with E-state index in [4.69, 9.17) is 32.7 Å². The van der Waals surface area contributed by atoms with E-state index in [2.05, 4.69) is 70.3 Å². The molecule has 9 aromatic rings. The van der Waals surface area contributed by atoms with E-state index in [1.807, 2.05) is 0 Å². The number of methoxy groups -OCH3 is 2. The number of nitrogens with zero attached hydrogens (tertiary/aromatic N) is 12. The third-order valence-electron chi connectivity index (χ3n) is 12.0. The largest absolute Gasteiger partial charge is 0.497 e. The summed E-state index contributed by atoms with van der Waals surface area (Å²) in [4.78, 5) is 38.0. The molecule has 0 saturated carbocycles. The Morgan fingerprint density at radius 2 is 0.862 bits per heavy atom. The van der Waals surface area contributed by atoms with Gasteiger partial charge in [0, 0.05) is 58.7 Å². The van der Waals surface area contributed by atoms with Gasteiger partial charge in [0.05, 0.1) is 37.0 Å². The molecule has 87 heavy (non-hydrogen) atoms. The first-order valence-electron chi connectivity index (χ1n) is 24.1. The van der Waals surface area contributed by atoms with Crippen LogP contribution < -0.4 is 20.7 Å². The lowest BCUT2D eigenvalue weighted by Crippen LogP contribution is -2.17. The van der Waals surface area contributed by atoms with Crippen molar-refractivity contribution in [3.8, 4) is 34.3 Å². The molecule has 9 rings (SSSR count). The molecule has 0 aliphatic carbocycles. The number of halogens is 2. The van der Waals surface area contributed by atoms with Gasteiger partial charge in [-0.05, 0) is 84.7 Å². The summed E-state index contributed by atoms with van der Waals surface area (Å²) in [5, 5.41) is 35.4. The predicted octanol–water partition coefficient (Wildman–Crippen LogP) is 10.7. The number of aromatic amines is 2. The Bertz CT molecular complexity index is 5130. The number of ether oxygens (including phenoxy) is 2. The monoisotopic (exact) mass is 1300 g/mol. The molecule has 2 heterocycles. The van der Waals surface area contributed by atoms with Gasteiger partial charge in [0.25, 0.3) is 40.5 Å². The van der Waals surface area contributed by atoms with Gasteiger partial charge < -0.3 is 29.7 Å². The van der Waals surface area contributed by atoms with Crippen LogP contribution in [0.15, 0.2) is 163 Å². The number of hydrogen-bond acceptors (Lipinski definition) is 22. The van der Waals surface area contributed by atoms with E-state index in [1.54, 1.807) is 25.1 Å². The van der Waals surface area contributed by atoms with Crippen LogP contribution in [0.1, 0.15) is 19.4 Å². The highest BCUT2D eigenvalue weighted by Gasteiger charge is 2.24. The SMILES string of the molecule is COc1cc(N=Nc2cc(S(=O)(=O)O)c3cccc(S(=O)(=O)O)c3c2)c(N=C(C)O)cc1N=c1nc(Cl)nc(-c2ccc(C)cc2-c2nc(Cl)nc(=Nc3cc(N=C(C)O)c(N=Nc4cc(S(=O)(=O)O)c5cccc(S(=O)(=O)O)c5c4)cc3OC)[nH]2)[nH]1. The normalized spacial score (nSPS) is 13.4. The van der Waals surface area contributed by atoms with Crippen LogP contribution >= 0.6 is 23.2 Å². The van der Waals surface area contributed by atoms with Gasteiger partial charge in [-0.1, -0.05) is 42.0 Å². The van der Waals surface area contributed by atoms with E-state index in [9.17, 15) is 62.1 Å². The molecule has 7 aromatic carbocycles. The fraction of sp³-hybridized carbons (Fsp3) is 0.0980. The molecule has 30 nitrogen and oxygen atoms in total. The highest BCUT2D eigenvalue weighted by Crippen LogP contribution is 2.44. The van der Waals surface area contributed by atoms with E-state index in [1.165, 1.54) is 76.6 Å². The molecule has 0 aliphatic heterocycles. The van der Waals surface area contributed by atoms with Crippen LogP contribution in [0.2, 0.25) is 10.6 Å². The number of aryl methyl sites for hydroxylation is 1. The summed E-state index contributed by atoms with van der Waals surface area (Å²) in [7, 11) is -17.2. The Labute approximate surface area is 500 Å². The van der Waals surface area contributed by atoms with Crippen molar-refractivity contribution in [2.24, 2.45) is 40.4 Å². The average molecular weight is 1300 g/mol. The minimum atomic E-state index is -5.00. The summed E-state index contributed by atoms with van der Waals surface area (Å²) in [6, 6.07) is 21.2. The number of azo groups is 2. The van der Waals surface area contributed by atoms with Crippen LogP contribution in [0, 0.1) is 6.92 Å². The summed E-state index contributed by atoms with van der Waals surface area (Å²) >= 11 is 13.1. The molecule has 0 aliphatic rings. The van der Waals surface area contributed by atoms with Gasteiger partial charge >= 0.3 is 0 Å². The maximum Gasteiger partial charge on any atom is 0.295 e. The van der Waals surface area contributed by atoms with Crippen molar-refractivity contribution in [3.63, 3.8) is 0 Å². The predicted molar refractivity (Wildman–Crippen MR) is 315 cm³/mol. The fourth-order valence-corrected chi connectivity index (χ4v) is 11.7. The van der Waals surface area contributed by atoms with Crippen LogP contribution in [-0.2, 0) is 40.5 Å². The number of H-pyrrole nitrogens is 2. The quantitative estimate of drug-likeness (QED) is 0.0193. The molecule has 0 unspecified atom stereocenters. The van der Waals surface area contributed by atoms with Gasteiger partial charge in [0.15, 0.2) is 11.8 Å². The minimum absolute atomic E-state index is 0.00428. The second-order valence-corrected chi connectivity index (χ2v) is 24.3. The molecule has 0 radical (unpaired) electrons. The number of aromatic nitrogens is 6. The van der Waals surface area contributed by atoms with E-state index in [0.717, 1.165) is 42.0 Å². The molecule has 36 heteroatoms. The lowest BCUT2D eigenvalue weighted by molar-refractivity contribution is 0.416. The minimum Gasteiger partial charge on any atom is -0.497 e. The molecule has 0 fully saturated rings. The van der Waals surface area contributed by atoms with Crippen molar-refractivity contribution < 1.29 is 71.6 Å². The Kier molecular flexibility index (Phi) is 17.3. The Balaban J connectivity index is 1.11. The number of fused-ring (bicyclic) bond motifs is 2. The van der Waals surface area contributed by atoms with Crippen LogP contribution in [-0.4, -0.2) is 118 Å². The smallest absolute Gasteiger partial charge is 0.295 e. The first kappa shape index (κ1) is 62.2. The third kappa shape index (κ3) is 14.2. The highest BCUT2D eigenvalue weighted by atomic mass is 35.5. The zero-order chi connectivity index (χ0) is 63.1. The van der Waals surface area contributed by atoms with E-state index >= 15 is 0 Å². The second-order valence-electron chi connectivity index (χ2n) is 18.1. The number of aliphatic hydroxyl groups is 2. The first-order chi connectivity index (χ1) is 40.9. The van der Waals surface area contributed by atoms with E-state index in [0.29, 0.717) is 11.1 Å². The van der Waals surface area contributed by atoms with Gasteiger partial charge in [-0.25, -0.2) is 20.0 Å². The zero-order valence-corrected chi connectivity index (χ0v) is 49.6. The lowest BCUT2D eigenvalue weighted by Gasteiger charge is -2.11. The van der Waals surface area contributed by atoms with Crippen molar-refractivity contribution in [2.45, 2.75) is 40.4 Å². The van der Waals surface area contributed by atoms with Crippen molar-refractivity contribution in [1.29, 1.82) is 0 Å². The number of nitrogens with one attached hydrogen (secondary N) is 2. The fourth-order valence-electron chi connectivity index (χ4n) is 8.50. The number of aliphatic hydroxyl groups excluding tert-OH is 2. The van der Waals surface area contributed by atoms with E-state index in [-0.39, 0.29) is 112 Å². The van der Waals surface area contributed by atoms with Crippen molar-refractivity contribution >= 4 is 143 Å². The van der Waals surface area contributed by atoms with Crippen molar-refractivity contribution in [3.05, 3.63) is 130 Å². The van der Waals surface area contributed by atoms with Crippen LogP contribution in [0.3, 0.4) is 0 Å². The Morgan fingerprint density at radius 1 is 0.460 bits per heavy atom. The molecule has 448 valence electrons. The van der Waals surface area contributed by atoms with Gasteiger partial charge in [-0.2, -0.15) is 63.8 Å². The van der Waals surface area contributed by atoms with Crippen LogP contribution in [0.4, 0.5) is 45.5 Å². The van der Waals surface area contributed by atoms with Crippen molar-refractivity contribution in [1.82, 2.24) is 29.9 Å². The zero-order valence-electron chi connectivity index (χ0n) is 44.8. The number of benzene rings is 7. The second kappa shape index (κ2) is 24.2. The number of hydrogen-bond donors (Lipinski definition) is 8. The molecular weight excluding hydrogens is 1260 g/mol. The van der Waals surface area contributed by atoms with Gasteiger partial charge in [-0.3, -0.25) is 18.2 Å². The van der Waals surface area contributed by atoms with Crippen LogP contribution in [0.25, 0.3) is 44.3 Å². The Hall–Kier alpha value is -9.36. The van der Waals surface area contributed by atoms with Gasteiger partial charge in [-0.15, -0.1) is 10.2 Å².